The smallest absolute Gasteiger partial charge is 0.253 e. The molecule has 1 aliphatic heterocycles. The summed E-state index contributed by atoms with van der Waals surface area (Å²) in [4.78, 5) is 44.3. The van der Waals surface area contributed by atoms with Gasteiger partial charge >= 0.3 is 0 Å². The maximum atomic E-state index is 13.9. The van der Waals surface area contributed by atoms with Crippen molar-refractivity contribution in [2.24, 2.45) is 0 Å². The van der Waals surface area contributed by atoms with Crippen molar-refractivity contribution >= 4 is 11.7 Å². The zero-order valence-electron chi connectivity index (χ0n) is 21.7. The third-order valence-corrected chi connectivity index (χ3v) is 7.20. The van der Waals surface area contributed by atoms with E-state index in [1.54, 1.807) is 17.9 Å². The number of ketones is 1. The topological polar surface area (TPSA) is 62.6 Å². The van der Waals surface area contributed by atoms with Crippen LogP contribution in [0.5, 0.6) is 0 Å². The largest absolute Gasteiger partial charge is 0.338 e. The van der Waals surface area contributed by atoms with Gasteiger partial charge in [0.1, 0.15) is 5.82 Å². The second-order valence-corrected chi connectivity index (χ2v) is 9.81. The van der Waals surface area contributed by atoms with Crippen LogP contribution in [0.4, 0.5) is 4.39 Å². The number of halogens is 1. The van der Waals surface area contributed by atoms with Crippen LogP contribution in [0, 0.1) is 12.7 Å². The van der Waals surface area contributed by atoms with Crippen LogP contribution in [-0.4, -0.2) is 52.2 Å². The Morgan fingerprint density at radius 1 is 0.744 bits per heavy atom. The molecule has 1 aliphatic rings. The van der Waals surface area contributed by atoms with Gasteiger partial charge in [-0.1, -0.05) is 66.7 Å². The molecule has 1 saturated heterocycles. The Kier molecular flexibility index (Phi) is 7.79. The number of hydrogen-bond donors (Lipinski definition) is 0. The van der Waals surface area contributed by atoms with Crippen molar-refractivity contribution in [2.75, 3.05) is 26.2 Å². The van der Waals surface area contributed by atoms with Gasteiger partial charge in [-0.2, -0.15) is 0 Å². The number of rotatable bonds is 7. The number of nitrogens with zero attached hydrogens (tertiary/aromatic N) is 3. The molecule has 0 unspecified atom stereocenters. The monoisotopic (exact) mass is 523 g/mol. The van der Waals surface area contributed by atoms with Crippen LogP contribution in [0.25, 0.3) is 0 Å². The first-order valence-corrected chi connectivity index (χ1v) is 13.0. The maximum absolute atomic E-state index is 13.9. The third-order valence-electron chi connectivity index (χ3n) is 7.20. The van der Waals surface area contributed by atoms with Gasteiger partial charge in [0.2, 0.25) is 0 Å². The fraction of sp³-hybridized carbons (Fsp3) is 0.219. The van der Waals surface area contributed by atoms with E-state index in [9.17, 15) is 18.8 Å². The van der Waals surface area contributed by atoms with Crippen molar-refractivity contribution in [3.8, 4) is 0 Å². The van der Waals surface area contributed by atoms with Crippen LogP contribution in [0.15, 0.2) is 108 Å². The van der Waals surface area contributed by atoms with E-state index < -0.39 is 29.1 Å². The van der Waals surface area contributed by atoms with Gasteiger partial charge in [-0.05, 0) is 47.9 Å². The van der Waals surface area contributed by atoms with E-state index >= 15 is 0 Å². The lowest BCUT2D eigenvalue weighted by molar-refractivity contribution is -0.135. The summed E-state index contributed by atoms with van der Waals surface area (Å²) >= 11 is 0. The number of carbonyl (C=O) groups is 2. The number of benzene rings is 3. The molecule has 0 spiro atoms. The molecule has 3 aromatic carbocycles. The Balaban J connectivity index is 1.41. The molecule has 1 amide bonds. The summed E-state index contributed by atoms with van der Waals surface area (Å²) in [6.45, 7) is 3.80. The zero-order valence-corrected chi connectivity index (χ0v) is 21.7. The van der Waals surface area contributed by atoms with Gasteiger partial charge in [-0.3, -0.25) is 23.9 Å². The predicted molar refractivity (Wildman–Crippen MR) is 148 cm³/mol. The highest BCUT2D eigenvalue weighted by atomic mass is 19.1. The first-order valence-electron chi connectivity index (χ1n) is 13.0. The Morgan fingerprint density at radius 3 is 1.87 bits per heavy atom. The molecule has 4 aromatic rings. The SMILES string of the molecule is Cc1ccc(=O)n([C@H](C(=O)c2ccc(F)cc2)C(=O)N2CCN(C(c3ccccc3)c3ccccc3)CC2)c1. The van der Waals surface area contributed by atoms with Gasteiger partial charge in [0.25, 0.3) is 11.5 Å². The molecule has 0 N–H and O–H groups in total. The molecule has 0 radical (unpaired) electrons. The number of pyridine rings is 1. The van der Waals surface area contributed by atoms with Gasteiger partial charge < -0.3 is 4.90 Å². The molecule has 0 aliphatic carbocycles. The molecule has 7 heteroatoms. The number of hydrogen-bond acceptors (Lipinski definition) is 4. The maximum Gasteiger partial charge on any atom is 0.253 e. The van der Waals surface area contributed by atoms with E-state index in [-0.39, 0.29) is 11.6 Å². The van der Waals surface area contributed by atoms with E-state index in [1.165, 1.54) is 52.2 Å². The molecule has 1 atom stereocenters. The fourth-order valence-corrected chi connectivity index (χ4v) is 5.20. The summed E-state index contributed by atoms with van der Waals surface area (Å²) in [6.07, 6.45) is 1.53. The molecular weight excluding hydrogens is 493 g/mol. The molecule has 6 nitrogen and oxygen atoms in total. The minimum atomic E-state index is -1.37. The van der Waals surface area contributed by atoms with Crippen LogP contribution < -0.4 is 5.56 Å². The van der Waals surface area contributed by atoms with Gasteiger partial charge in [-0.25, -0.2) is 4.39 Å². The van der Waals surface area contributed by atoms with E-state index in [4.69, 9.17) is 0 Å². The highest BCUT2D eigenvalue weighted by Crippen LogP contribution is 2.30. The van der Waals surface area contributed by atoms with Crippen LogP contribution in [0.2, 0.25) is 0 Å². The lowest BCUT2D eigenvalue weighted by Gasteiger charge is -2.40. The molecule has 0 bridgehead atoms. The van der Waals surface area contributed by atoms with E-state index in [0.717, 1.165) is 5.56 Å². The highest BCUT2D eigenvalue weighted by Gasteiger charge is 2.36. The van der Waals surface area contributed by atoms with Crippen molar-refractivity contribution in [1.29, 1.82) is 0 Å². The van der Waals surface area contributed by atoms with Crippen molar-refractivity contribution in [3.05, 3.63) is 142 Å². The number of aromatic nitrogens is 1. The van der Waals surface area contributed by atoms with Crippen LogP contribution in [0.3, 0.4) is 0 Å². The second kappa shape index (κ2) is 11.6. The highest BCUT2D eigenvalue weighted by molar-refractivity contribution is 6.11. The third kappa shape index (κ3) is 5.73. The Labute approximate surface area is 226 Å². The number of aryl methyl sites for hydroxylation is 1. The van der Waals surface area contributed by atoms with E-state index in [1.807, 2.05) is 36.4 Å². The molecule has 39 heavy (non-hydrogen) atoms. The molecule has 5 rings (SSSR count). The van der Waals surface area contributed by atoms with E-state index in [0.29, 0.717) is 26.2 Å². The summed E-state index contributed by atoms with van der Waals surface area (Å²) < 4.78 is 14.7. The fourth-order valence-electron chi connectivity index (χ4n) is 5.20. The molecule has 1 fully saturated rings. The van der Waals surface area contributed by atoms with Crippen molar-refractivity contribution < 1.29 is 14.0 Å². The Bertz CT molecular complexity index is 1460. The first kappa shape index (κ1) is 26.3. The summed E-state index contributed by atoms with van der Waals surface area (Å²) in [6, 6.07) is 27.2. The molecule has 0 saturated carbocycles. The summed E-state index contributed by atoms with van der Waals surface area (Å²) in [5.41, 5.74) is 2.81. The normalized spacial score (nSPS) is 14.8. The van der Waals surface area contributed by atoms with Crippen molar-refractivity contribution in [3.63, 3.8) is 0 Å². The second-order valence-electron chi connectivity index (χ2n) is 9.81. The standard InChI is InChI=1S/C32H30FN3O3/c1-23-12-17-28(37)36(22-23)30(31(38)26-13-15-27(33)16-14-26)32(39)35-20-18-34(19-21-35)29(24-8-4-2-5-9-24)25-10-6-3-7-11-25/h2-17,22,29-30H,18-21H2,1H3/t30-/m1/s1. The molecular formula is C32H30FN3O3. The minimum absolute atomic E-state index is 0.0284. The van der Waals surface area contributed by atoms with Crippen LogP contribution >= 0.6 is 0 Å². The first-order chi connectivity index (χ1) is 18.9. The summed E-state index contributed by atoms with van der Waals surface area (Å²) in [7, 11) is 0. The van der Waals surface area contributed by atoms with Gasteiger partial charge in [-0.15, -0.1) is 0 Å². The van der Waals surface area contributed by atoms with Crippen molar-refractivity contribution in [1.82, 2.24) is 14.4 Å². The number of carbonyl (C=O) groups excluding carboxylic acids is 2. The van der Waals surface area contributed by atoms with Crippen molar-refractivity contribution in [2.45, 2.75) is 19.0 Å². The minimum Gasteiger partial charge on any atom is -0.338 e. The zero-order chi connectivity index (χ0) is 27.4. The predicted octanol–water partition coefficient (Wildman–Crippen LogP) is 4.65. The molecule has 1 aromatic heterocycles. The number of amides is 1. The van der Waals surface area contributed by atoms with Gasteiger partial charge in [0.05, 0.1) is 6.04 Å². The summed E-state index contributed by atoms with van der Waals surface area (Å²) in [5, 5.41) is 0. The number of piperazine rings is 1. The lowest BCUT2D eigenvalue weighted by atomic mass is 9.96. The average Bonchev–Trinajstić information content (AvgIpc) is 2.97. The quantitative estimate of drug-likeness (QED) is 0.261. The summed E-state index contributed by atoms with van der Waals surface area (Å²) in [5.74, 6) is -1.46. The van der Waals surface area contributed by atoms with Gasteiger partial charge in [0, 0.05) is 44.0 Å². The number of Topliss-reactive ketones (excluding diaryl/α,β-unsaturated/α-hetero) is 1. The molecule has 198 valence electrons. The lowest BCUT2D eigenvalue weighted by Crippen LogP contribution is -2.53. The Hall–Kier alpha value is -4.36. The average molecular weight is 524 g/mol. The van der Waals surface area contributed by atoms with Crippen LogP contribution in [-0.2, 0) is 4.79 Å². The molecule has 2 heterocycles. The Morgan fingerprint density at radius 2 is 1.31 bits per heavy atom. The van der Waals surface area contributed by atoms with Gasteiger partial charge in [0.15, 0.2) is 11.8 Å². The van der Waals surface area contributed by atoms with E-state index in [2.05, 4.69) is 29.2 Å². The van der Waals surface area contributed by atoms with Crippen LogP contribution in [0.1, 0.15) is 39.1 Å².